The first-order valence-corrected chi connectivity index (χ1v) is 11.4. The van der Waals surface area contributed by atoms with Gasteiger partial charge in [0, 0.05) is 49.3 Å². The molecule has 0 saturated heterocycles. The molecule has 0 aliphatic heterocycles. The summed E-state index contributed by atoms with van der Waals surface area (Å²) in [6.07, 6.45) is 8.38. The van der Waals surface area contributed by atoms with Crippen LogP contribution in [-0.2, 0) is 11.8 Å². The highest BCUT2D eigenvalue weighted by Gasteiger charge is 2.26. The highest BCUT2D eigenvalue weighted by molar-refractivity contribution is 6.15. The molecule has 0 atom stereocenters. The maximum atomic E-state index is 13.0. The zero-order chi connectivity index (χ0) is 23.5. The van der Waals surface area contributed by atoms with Crippen molar-refractivity contribution in [3.63, 3.8) is 0 Å². The summed E-state index contributed by atoms with van der Waals surface area (Å²) in [6.45, 7) is 2.29. The van der Waals surface area contributed by atoms with Crippen LogP contribution in [0.25, 0.3) is 10.9 Å². The Morgan fingerprint density at radius 2 is 1.94 bits per heavy atom. The highest BCUT2D eigenvalue weighted by Crippen LogP contribution is 2.32. The van der Waals surface area contributed by atoms with Crippen molar-refractivity contribution in [1.29, 1.82) is 0 Å². The van der Waals surface area contributed by atoms with Crippen LogP contribution in [-0.4, -0.2) is 45.8 Å². The molecule has 1 aromatic carbocycles. The van der Waals surface area contributed by atoms with Crippen molar-refractivity contribution < 1.29 is 14.4 Å². The Hall–Kier alpha value is -3.62. The van der Waals surface area contributed by atoms with Crippen molar-refractivity contribution in [2.45, 2.75) is 39.0 Å². The van der Waals surface area contributed by atoms with E-state index in [1.807, 2.05) is 25.1 Å². The first-order chi connectivity index (χ1) is 15.9. The lowest BCUT2D eigenvalue weighted by Gasteiger charge is -2.26. The van der Waals surface area contributed by atoms with Crippen LogP contribution in [0.15, 0.2) is 30.7 Å². The van der Waals surface area contributed by atoms with Crippen molar-refractivity contribution in [2.75, 3.05) is 23.8 Å². The van der Waals surface area contributed by atoms with Crippen LogP contribution in [0.2, 0.25) is 0 Å². The number of anilines is 2. The van der Waals surface area contributed by atoms with Crippen LogP contribution in [0.4, 0.5) is 11.5 Å². The van der Waals surface area contributed by atoms with E-state index in [1.54, 1.807) is 29.8 Å². The fourth-order valence-corrected chi connectivity index (χ4v) is 4.43. The summed E-state index contributed by atoms with van der Waals surface area (Å²) in [6, 6.07) is 5.49. The van der Waals surface area contributed by atoms with Crippen molar-refractivity contribution in [2.24, 2.45) is 13.0 Å². The van der Waals surface area contributed by atoms with E-state index >= 15 is 0 Å². The quantitative estimate of drug-likeness (QED) is 0.534. The Kier molecular flexibility index (Phi) is 6.48. The summed E-state index contributed by atoms with van der Waals surface area (Å²) in [5.41, 5.74) is 2.00. The monoisotopic (exact) mass is 450 g/mol. The number of H-pyrrole nitrogens is 1. The number of carbonyl (C=O) groups excluding carboxylic acids is 3. The first-order valence-electron chi connectivity index (χ1n) is 11.4. The third-order valence-electron chi connectivity index (χ3n) is 6.19. The second-order valence-corrected chi connectivity index (χ2v) is 8.58. The number of benzene rings is 1. The largest absolute Gasteiger partial charge is 0.352 e. The second kappa shape index (κ2) is 9.48. The van der Waals surface area contributed by atoms with E-state index < -0.39 is 5.91 Å². The Morgan fingerprint density at radius 1 is 1.18 bits per heavy atom. The van der Waals surface area contributed by atoms with Crippen molar-refractivity contribution >= 4 is 40.1 Å². The van der Waals surface area contributed by atoms with Gasteiger partial charge in [-0.25, -0.2) is 4.98 Å². The lowest BCUT2D eigenvalue weighted by Crippen LogP contribution is -2.33. The molecule has 4 rings (SSSR count). The molecule has 0 bridgehead atoms. The average molecular weight is 451 g/mol. The van der Waals surface area contributed by atoms with Gasteiger partial charge in [-0.2, -0.15) is 0 Å². The van der Waals surface area contributed by atoms with Crippen LogP contribution in [0.1, 0.15) is 59.9 Å². The van der Waals surface area contributed by atoms with E-state index in [9.17, 15) is 14.4 Å². The topological polar surface area (TPSA) is 112 Å². The molecule has 1 aliphatic rings. The summed E-state index contributed by atoms with van der Waals surface area (Å²) in [5.74, 6) is -0.238. The third kappa shape index (κ3) is 4.62. The number of aromatic amines is 1. The predicted octanol–water partition coefficient (Wildman–Crippen LogP) is 3.45. The predicted molar refractivity (Wildman–Crippen MR) is 127 cm³/mol. The minimum atomic E-state index is -0.419. The van der Waals surface area contributed by atoms with Crippen LogP contribution in [0, 0.1) is 5.92 Å². The van der Waals surface area contributed by atoms with Gasteiger partial charge in [-0.05, 0) is 38.0 Å². The molecular formula is C24H30N6O3. The molecule has 0 radical (unpaired) electrons. The van der Waals surface area contributed by atoms with Crippen molar-refractivity contribution in [3.8, 4) is 0 Å². The molecule has 174 valence electrons. The molecule has 9 nitrogen and oxygen atoms in total. The van der Waals surface area contributed by atoms with Gasteiger partial charge < -0.3 is 25.1 Å². The van der Waals surface area contributed by atoms with E-state index in [0.717, 1.165) is 31.4 Å². The molecule has 3 N–H and O–H groups in total. The summed E-state index contributed by atoms with van der Waals surface area (Å²) in [5, 5.41) is 6.25. The summed E-state index contributed by atoms with van der Waals surface area (Å²) in [7, 11) is 3.56. The molecule has 2 aromatic heterocycles. The smallest absolute Gasteiger partial charge is 0.276 e. The van der Waals surface area contributed by atoms with Crippen LogP contribution in [0.5, 0.6) is 0 Å². The summed E-state index contributed by atoms with van der Waals surface area (Å²) >= 11 is 0. The molecular weight excluding hydrogens is 420 g/mol. The number of rotatable bonds is 6. The molecule has 3 amide bonds. The van der Waals surface area contributed by atoms with E-state index in [-0.39, 0.29) is 23.4 Å². The lowest BCUT2D eigenvalue weighted by atomic mass is 9.88. The van der Waals surface area contributed by atoms with Gasteiger partial charge in [0.15, 0.2) is 0 Å². The number of imidazole rings is 1. The molecule has 1 fully saturated rings. The number of aryl methyl sites for hydroxylation is 1. The van der Waals surface area contributed by atoms with Gasteiger partial charge in [0.25, 0.3) is 11.8 Å². The van der Waals surface area contributed by atoms with Gasteiger partial charge in [0.1, 0.15) is 11.5 Å². The van der Waals surface area contributed by atoms with Gasteiger partial charge in [-0.3, -0.25) is 14.4 Å². The van der Waals surface area contributed by atoms with Crippen molar-refractivity contribution in [1.82, 2.24) is 19.9 Å². The fourth-order valence-electron chi connectivity index (χ4n) is 4.43. The normalized spacial score (nSPS) is 14.3. The van der Waals surface area contributed by atoms with Gasteiger partial charge in [0.05, 0.1) is 11.9 Å². The number of nitrogens with zero attached hydrogens (tertiary/aromatic N) is 3. The second-order valence-electron chi connectivity index (χ2n) is 8.58. The maximum Gasteiger partial charge on any atom is 0.276 e. The Labute approximate surface area is 192 Å². The molecule has 0 unspecified atom stereocenters. The van der Waals surface area contributed by atoms with E-state index in [4.69, 9.17) is 0 Å². The SMILES string of the molecule is CCNC(=O)c1c(NC(=O)c2cn(C)cn2)[nH]c2cc(N(C)C(=O)C3CCCCC3)ccc12. The average Bonchev–Trinajstić information content (AvgIpc) is 3.41. The highest BCUT2D eigenvalue weighted by atomic mass is 16.2. The van der Waals surface area contributed by atoms with Crippen LogP contribution in [0.3, 0.4) is 0 Å². The van der Waals surface area contributed by atoms with Gasteiger partial charge in [0.2, 0.25) is 5.91 Å². The molecule has 33 heavy (non-hydrogen) atoms. The standard InChI is InChI=1S/C24H30N6O3/c1-4-25-23(32)20-17-11-10-16(30(3)24(33)15-8-6-5-7-9-15)12-18(17)27-21(20)28-22(31)19-13-29(2)14-26-19/h10-15,27H,4-9H2,1-3H3,(H,25,32)(H,28,31). The Bertz CT molecular complexity index is 1190. The number of nitrogens with one attached hydrogen (secondary N) is 3. The van der Waals surface area contributed by atoms with Gasteiger partial charge >= 0.3 is 0 Å². The van der Waals surface area contributed by atoms with Crippen LogP contribution >= 0.6 is 0 Å². The zero-order valence-electron chi connectivity index (χ0n) is 19.3. The molecule has 1 aliphatic carbocycles. The number of hydrogen-bond acceptors (Lipinski definition) is 4. The summed E-state index contributed by atoms with van der Waals surface area (Å²) < 4.78 is 1.68. The third-order valence-corrected chi connectivity index (χ3v) is 6.19. The number of amides is 3. The van der Waals surface area contributed by atoms with E-state index in [0.29, 0.717) is 28.8 Å². The van der Waals surface area contributed by atoms with E-state index in [2.05, 4.69) is 20.6 Å². The van der Waals surface area contributed by atoms with Gasteiger partial charge in [-0.15, -0.1) is 0 Å². The number of fused-ring (bicyclic) bond motifs is 1. The number of carbonyl (C=O) groups is 3. The maximum absolute atomic E-state index is 13.0. The molecule has 3 aromatic rings. The molecule has 1 saturated carbocycles. The minimum Gasteiger partial charge on any atom is -0.352 e. The van der Waals surface area contributed by atoms with Gasteiger partial charge in [-0.1, -0.05) is 19.3 Å². The molecule has 9 heteroatoms. The van der Waals surface area contributed by atoms with Crippen molar-refractivity contribution in [3.05, 3.63) is 42.0 Å². The molecule has 2 heterocycles. The Morgan fingerprint density at radius 3 is 2.61 bits per heavy atom. The summed E-state index contributed by atoms with van der Waals surface area (Å²) in [4.78, 5) is 47.4. The first kappa shape index (κ1) is 22.6. The number of hydrogen-bond donors (Lipinski definition) is 3. The Balaban J connectivity index is 1.67. The molecule has 0 spiro atoms. The zero-order valence-corrected chi connectivity index (χ0v) is 19.3. The fraction of sp³-hybridized carbons (Fsp3) is 0.417. The van der Waals surface area contributed by atoms with E-state index in [1.165, 1.54) is 12.7 Å². The number of aromatic nitrogens is 3. The minimum absolute atomic E-state index is 0.0576. The van der Waals surface area contributed by atoms with Crippen LogP contribution < -0.4 is 15.5 Å². The lowest BCUT2D eigenvalue weighted by molar-refractivity contribution is -0.123.